The van der Waals surface area contributed by atoms with Gasteiger partial charge in [0.05, 0.1) is 7.11 Å². The van der Waals surface area contributed by atoms with Crippen molar-refractivity contribution in [1.82, 2.24) is 9.88 Å². The Bertz CT molecular complexity index is 1050. The summed E-state index contributed by atoms with van der Waals surface area (Å²) in [7, 11) is 1.39. The number of ether oxygens (including phenoxy) is 1. The topological polar surface area (TPSA) is 71.3 Å². The highest BCUT2D eigenvalue weighted by atomic mass is 16.5. The van der Waals surface area contributed by atoms with E-state index in [0.29, 0.717) is 12.6 Å². The first-order chi connectivity index (χ1) is 14.7. The van der Waals surface area contributed by atoms with Gasteiger partial charge >= 0.3 is 5.97 Å². The molecular weight excluding hydrogens is 374 g/mol. The highest BCUT2D eigenvalue weighted by Gasteiger charge is 2.27. The number of hydrogen-bond donors (Lipinski definition) is 2. The van der Waals surface area contributed by atoms with Crippen molar-refractivity contribution in [1.29, 1.82) is 0 Å². The molecule has 1 unspecified atom stereocenters. The van der Waals surface area contributed by atoms with Crippen LogP contribution in [0.2, 0.25) is 0 Å². The highest BCUT2D eigenvalue weighted by molar-refractivity contribution is 5.87. The molecule has 2 aromatic carbocycles. The van der Waals surface area contributed by atoms with E-state index in [2.05, 4.69) is 63.3 Å². The molecule has 0 bridgehead atoms. The van der Waals surface area contributed by atoms with Crippen LogP contribution < -0.4 is 5.73 Å². The minimum Gasteiger partial charge on any atom is -0.466 e. The van der Waals surface area contributed by atoms with Gasteiger partial charge < -0.3 is 15.5 Å². The Balaban J connectivity index is 1.49. The Morgan fingerprint density at radius 1 is 1.27 bits per heavy atom. The van der Waals surface area contributed by atoms with Crippen molar-refractivity contribution in [2.75, 3.05) is 26.7 Å². The number of esters is 1. The van der Waals surface area contributed by atoms with Crippen LogP contribution in [0.1, 0.15) is 34.7 Å². The standard InChI is InChI=1S/C25H29N3O2/c1-30-25(29)11-7-18-6-9-22-19(16-18)8-10-24(22)28(15-13-26)14-12-20-17-27-23-5-3-2-4-21(20)23/h2-7,9,11,16-17,24,27H,8,10,12-15,26H2,1H3. The molecule has 1 aromatic heterocycles. The molecule has 0 fully saturated rings. The van der Waals surface area contributed by atoms with Gasteiger partial charge in [-0.1, -0.05) is 36.4 Å². The highest BCUT2D eigenvalue weighted by Crippen LogP contribution is 2.36. The van der Waals surface area contributed by atoms with Gasteiger partial charge in [-0.3, -0.25) is 4.90 Å². The fraction of sp³-hybridized carbons (Fsp3) is 0.320. The first-order valence-electron chi connectivity index (χ1n) is 10.6. The number of rotatable bonds is 8. The van der Waals surface area contributed by atoms with E-state index in [1.807, 2.05) is 6.08 Å². The second-order valence-electron chi connectivity index (χ2n) is 7.80. The quantitative estimate of drug-likeness (QED) is 0.443. The van der Waals surface area contributed by atoms with Crippen molar-refractivity contribution in [3.63, 3.8) is 0 Å². The van der Waals surface area contributed by atoms with Gasteiger partial charge in [-0.15, -0.1) is 0 Å². The molecule has 30 heavy (non-hydrogen) atoms. The number of hydrogen-bond acceptors (Lipinski definition) is 4. The maximum absolute atomic E-state index is 11.4. The largest absolute Gasteiger partial charge is 0.466 e. The van der Waals surface area contributed by atoms with Crippen molar-refractivity contribution in [2.24, 2.45) is 5.73 Å². The summed E-state index contributed by atoms with van der Waals surface area (Å²) in [6.45, 7) is 2.52. The summed E-state index contributed by atoms with van der Waals surface area (Å²) in [6, 6.07) is 15.3. The third-order valence-electron chi connectivity index (χ3n) is 6.03. The van der Waals surface area contributed by atoms with Crippen LogP contribution in [0.3, 0.4) is 0 Å². The fourth-order valence-corrected chi connectivity index (χ4v) is 4.52. The van der Waals surface area contributed by atoms with Gasteiger partial charge in [-0.25, -0.2) is 4.79 Å². The van der Waals surface area contributed by atoms with E-state index in [1.54, 1.807) is 0 Å². The van der Waals surface area contributed by atoms with E-state index < -0.39 is 0 Å². The van der Waals surface area contributed by atoms with Crippen LogP contribution in [0, 0.1) is 0 Å². The maximum Gasteiger partial charge on any atom is 0.330 e. The Morgan fingerprint density at radius 3 is 2.97 bits per heavy atom. The molecule has 0 radical (unpaired) electrons. The maximum atomic E-state index is 11.4. The molecule has 0 spiro atoms. The van der Waals surface area contributed by atoms with Crippen LogP contribution in [-0.2, 0) is 22.4 Å². The molecule has 3 N–H and O–H groups in total. The predicted octanol–water partition coefficient (Wildman–Crippen LogP) is 3.84. The lowest BCUT2D eigenvalue weighted by Crippen LogP contribution is -2.34. The summed E-state index contributed by atoms with van der Waals surface area (Å²) in [5, 5.41) is 1.30. The summed E-state index contributed by atoms with van der Waals surface area (Å²) >= 11 is 0. The SMILES string of the molecule is COC(=O)C=Cc1ccc2c(c1)CCC2N(CCN)CCc1c[nH]c2ccccc12. The van der Waals surface area contributed by atoms with E-state index in [1.165, 1.54) is 40.8 Å². The Labute approximate surface area is 177 Å². The number of para-hydroxylation sites is 1. The number of carbonyl (C=O) groups is 1. The number of H-pyrrole nitrogens is 1. The number of fused-ring (bicyclic) bond motifs is 2. The van der Waals surface area contributed by atoms with Crippen LogP contribution in [-0.4, -0.2) is 42.6 Å². The van der Waals surface area contributed by atoms with Gasteiger partial charge in [-0.2, -0.15) is 0 Å². The molecule has 1 aliphatic carbocycles. The minimum absolute atomic E-state index is 0.334. The zero-order valence-electron chi connectivity index (χ0n) is 17.4. The van der Waals surface area contributed by atoms with E-state index in [0.717, 1.165) is 37.9 Å². The molecule has 0 amide bonds. The van der Waals surface area contributed by atoms with Crippen molar-refractivity contribution < 1.29 is 9.53 Å². The molecule has 4 rings (SSSR count). The first-order valence-corrected chi connectivity index (χ1v) is 10.6. The average molecular weight is 404 g/mol. The smallest absolute Gasteiger partial charge is 0.330 e. The molecule has 5 heteroatoms. The van der Waals surface area contributed by atoms with Crippen LogP contribution in [0.5, 0.6) is 0 Å². The molecule has 156 valence electrons. The summed E-state index contributed by atoms with van der Waals surface area (Å²) in [5.74, 6) is -0.334. The Morgan fingerprint density at radius 2 is 2.13 bits per heavy atom. The third kappa shape index (κ3) is 4.32. The lowest BCUT2D eigenvalue weighted by molar-refractivity contribution is -0.134. The lowest BCUT2D eigenvalue weighted by atomic mass is 10.0. The van der Waals surface area contributed by atoms with Gasteiger partial charge in [0, 0.05) is 48.9 Å². The number of aromatic amines is 1. The normalized spacial score (nSPS) is 15.9. The summed E-state index contributed by atoms with van der Waals surface area (Å²) in [5.41, 5.74) is 12.3. The predicted molar refractivity (Wildman–Crippen MR) is 121 cm³/mol. The molecule has 0 aliphatic heterocycles. The number of nitrogens with one attached hydrogen (secondary N) is 1. The number of aryl methyl sites for hydroxylation is 1. The zero-order valence-corrected chi connectivity index (χ0v) is 17.4. The number of aromatic nitrogens is 1. The van der Waals surface area contributed by atoms with Crippen LogP contribution in [0.4, 0.5) is 0 Å². The van der Waals surface area contributed by atoms with Crippen molar-refractivity contribution in [3.8, 4) is 0 Å². The van der Waals surface area contributed by atoms with Crippen LogP contribution in [0.15, 0.2) is 54.7 Å². The monoisotopic (exact) mass is 403 g/mol. The minimum atomic E-state index is -0.334. The van der Waals surface area contributed by atoms with E-state index >= 15 is 0 Å². The average Bonchev–Trinajstić information content (AvgIpc) is 3.39. The molecule has 1 heterocycles. The summed E-state index contributed by atoms with van der Waals surface area (Å²) in [6.07, 6.45) is 8.56. The molecular formula is C25H29N3O2. The van der Waals surface area contributed by atoms with Gasteiger partial charge in [-0.05, 0) is 53.7 Å². The fourth-order valence-electron chi connectivity index (χ4n) is 4.52. The van der Waals surface area contributed by atoms with Gasteiger partial charge in [0.25, 0.3) is 0 Å². The zero-order chi connectivity index (χ0) is 20.9. The second-order valence-corrected chi connectivity index (χ2v) is 7.80. The Kier molecular flexibility index (Phi) is 6.31. The molecule has 0 saturated carbocycles. The molecule has 1 aliphatic rings. The summed E-state index contributed by atoms with van der Waals surface area (Å²) < 4.78 is 4.68. The van der Waals surface area contributed by atoms with Crippen molar-refractivity contribution in [2.45, 2.75) is 25.3 Å². The third-order valence-corrected chi connectivity index (χ3v) is 6.03. The van der Waals surface area contributed by atoms with Gasteiger partial charge in [0.2, 0.25) is 0 Å². The number of nitrogens with two attached hydrogens (primary N) is 1. The van der Waals surface area contributed by atoms with E-state index in [9.17, 15) is 4.79 Å². The molecule has 1 atom stereocenters. The van der Waals surface area contributed by atoms with Crippen LogP contribution >= 0.6 is 0 Å². The number of carbonyl (C=O) groups excluding carboxylic acids is 1. The summed E-state index contributed by atoms with van der Waals surface area (Å²) in [4.78, 5) is 17.3. The number of nitrogens with zero attached hydrogens (tertiary/aromatic N) is 1. The molecule has 0 saturated heterocycles. The number of methoxy groups -OCH3 is 1. The van der Waals surface area contributed by atoms with Gasteiger partial charge in [0.1, 0.15) is 0 Å². The van der Waals surface area contributed by atoms with Crippen molar-refractivity contribution in [3.05, 3.63) is 77.0 Å². The lowest BCUT2D eigenvalue weighted by Gasteiger charge is -2.29. The number of benzene rings is 2. The van der Waals surface area contributed by atoms with E-state index in [-0.39, 0.29) is 5.97 Å². The molecule has 5 nitrogen and oxygen atoms in total. The Hall–Kier alpha value is -2.89. The first kappa shape index (κ1) is 20.4. The second kappa shape index (κ2) is 9.28. The van der Waals surface area contributed by atoms with Crippen molar-refractivity contribution >= 4 is 22.9 Å². The van der Waals surface area contributed by atoms with Crippen LogP contribution in [0.25, 0.3) is 17.0 Å². The van der Waals surface area contributed by atoms with E-state index in [4.69, 9.17) is 5.73 Å². The molecule has 3 aromatic rings. The van der Waals surface area contributed by atoms with Gasteiger partial charge in [0.15, 0.2) is 0 Å².